The van der Waals surface area contributed by atoms with E-state index in [1.54, 1.807) is 0 Å². The molecule has 0 rings (SSSR count). The number of thiol groups is 1. The fourth-order valence-corrected chi connectivity index (χ4v) is 1.05. The predicted octanol–water partition coefficient (Wildman–Crippen LogP) is 1.65. The van der Waals surface area contributed by atoms with Gasteiger partial charge in [-0.25, -0.2) is 0 Å². The maximum absolute atomic E-state index is 4.28. The van der Waals surface area contributed by atoms with Gasteiger partial charge in [-0.05, 0) is 13.0 Å². The molecule has 0 radical (unpaired) electrons. The van der Waals surface area contributed by atoms with E-state index in [4.69, 9.17) is 0 Å². The molecule has 0 bridgehead atoms. The standard InChI is InChI=1S/C6H15NS/c1-3-5-6(8)7-4-2/h6-8H,3-5H2,1-2H3. The smallest absolute Gasteiger partial charge is 0.0502 e. The van der Waals surface area contributed by atoms with Gasteiger partial charge in [0.2, 0.25) is 0 Å². The Balaban J connectivity index is 2.92. The van der Waals surface area contributed by atoms with Gasteiger partial charge < -0.3 is 5.32 Å². The zero-order valence-corrected chi connectivity index (χ0v) is 6.54. The summed E-state index contributed by atoms with van der Waals surface area (Å²) in [5.41, 5.74) is 0. The summed E-state index contributed by atoms with van der Waals surface area (Å²) in [6, 6.07) is 0. The fraction of sp³-hybridized carbons (Fsp3) is 1.00. The summed E-state index contributed by atoms with van der Waals surface area (Å²) in [7, 11) is 0. The lowest BCUT2D eigenvalue weighted by Crippen LogP contribution is -2.22. The Kier molecular flexibility index (Phi) is 5.66. The Morgan fingerprint density at radius 2 is 2.12 bits per heavy atom. The zero-order valence-electron chi connectivity index (χ0n) is 5.65. The third-order valence-electron chi connectivity index (χ3n) is 1.00. The largest absolute Gasteiger partial charge is 0.306 e. The van der Waals surface area contributed by atoms with E-state index in [0.717, 1.165) is 13.0 Å². The van der Waals surface area contributed by atoms with E-state index in [-0.39, 0.29) is 0 Å². The van der Waals surface area contributed by atoms with Crippen molar-refractivity contribution >= 4 is 12.6 Å². The summed E-state index contributed by atoms with van der Waals surface area (Å²) < 4.78 is 0. The molecular formula is C6H15NS. The van der Waals surface area contributed by atoms with Crippen molar-refractivity contribution in [1.29, 1.82) is 0 Å². The van der Waals surface area contributed by atoms with Crippen LogP contribution in [0.4, 0.5) is 0 Å². The molecule has 0 amide bonds. The van der Waals surface area contributed by atoms with Crippen LogP contribution in [0.3, 0.4) is 0 Å². The Labute approximate surface area is 57.3 Å². The average molecular weight is 133 g/mol. The van der Waals surface area contributed by atoms with Crippen molar-refractivity contribution in [3.63, 3.8) is 0 Å². The maximum Gasteiger partial charge on any atom is 0.0502 e. The van der Waals surface area contributed by atoms with Crippen LogP contribution in [-0.2, 0) is 0 Å². The Morgan fingerprint density at radius 1 is 1.50 bits per heavy atom. The van der Waals surface area contributed by atoms with Crippen molar-refractivity contribution in [2.45, 2.75) is 32.1 Å². The molecule has 0 saturated heterocycles. The van der Waals surface area contributed by atoms with Crippen LogP contribution >= 0.6 is 12.6 Å². The van der Waals surface area contributed by atoms with Gasteiger partial charge in [-0.15, -0.1) is 0 Å². The lowest BCUT2D eigenvalue weighted by atomic mass is 10.3. The van der Waals surface area contributed by atoms with Gasteiger partial charge in [-0.2, -0.15) is 12.6 Å². The van der Waals surface area contributed by atoms with E-state index in [9.17, 15) is 0 Å². The second-order valence-electron chi connectivity index (χ2n) is 1.86. The molecule has 0 aliphatic carbocycles. The summed E-state index contributed by atoms with van der Waals surface area (Å²) in [4.78, 5) is 0. The molecule has 1 N–H and O–H groups in total. The number of rotatable bonds is 4. The Morgan fingerprint density at radius 3 is 2.50 bits per heavy atom. The van der Waals surface area contributed by atoms with Gasteiger partial charge in [0.05, 0.1) is 5.37 Å². The van der Waals surface area contributed by atoms with Crippen LogP contribution in [0.25, 0.3) is 0 Å². The van der Waals surface area contributed by atoms with E-state index in [1.807, 2.05) is 0 Å². The second kappa shape index (κ2) is 5.45. The summed E-state index contributed by atoms with van der Waals surface area (Å²) in [5, 5.41) is 3.62. The first-order chi connectivity index (χ1) is 3.81. The SMILES string of the molecule is CCCC(S)NCC. The molecule has 0 aromatic rings. The van der Waals surface area contributed by atoms with Gasteiger partial charge in [0.15, 0.2) is 0 Å². The molecule has 0 aromatic carbocycles. The molecule has 0 spiro atoms. The van der Waals surface area contributed by atoms with Crippen molar-refractivity contribution < 1.29 is 0 Å². The first-order valence-electron chi connectivity index (χ1n) is 3.22. The minimum atomic E-state index is 0.407. The molecule has 50 valence electrons. The summed E-state index contributed by atoms with van der Waals surface area (Å²) in [6.45, 7) is 5.29. The third kappa shape index (κ3) is 4.47. The second-order valence-corrected chi connectivity index (χ2v) is 2.49. The average Bonchev–Trinajstić information content (AvgIpc) is 1.68. The molecule has 0 aliphatic heterocycles. The van der Waals surface area contributed by atoms with Crippen LogP contribution in [0.1, 0.15) is 26.7 Å². The molecule has 1 atom stereocenters. The van der Waals surface area contributed by atoms with Crippen molar-refractivity contribution in [3.8, 4) is 0 Å². The van der Waals surface area contributed by atoms with Gasteiger partial charge in [0.25, 0.3) is 0 Å². The molecule has 0 aliphatic rings. The zero-order chi connectivity index (χ0) is 6.41. The van der Waals surface area contributed by atoms with E-state index in [0.29, 0.717) is 5.37 Å². The first kappa shape index (κ1) is 8.31. The normalized spacial score (nSPS) is 13.9. The van der Waals surface area contributed by atoms with E-state index in [2.05, 4.69) is 31.8 Å². The predicted molar refractivity (Wildman–Crippen MR) is 41.4 cm³/mol. The Bertz CT molecular complexity index is 41.8. The van der Waals surface area contributed by atoms with Crippen molar-refractivity contribution in [2.24, 2.45) is 0 Å². The topological polar surface area (TPSA) is 12.0 Å². The van der Waals surface area contributed by atoms with Crippen molar-refractivity contribution in [1.82, 2.24) is 5.32 Å². The third-order valence-corrected chi connectivity index (χ3v) is 1.44. The molecule has 1 nitrogen and oxygen atoms in total. The van der Waals surface area contributed by atoms with E-state index >= 15 is 0 Å². The van der Waals surface area contributed by atoms with Gasteiger partial charge in [0.1, 0.15) is 0 Å². The van der Waals surface area contributed by atoms with Crippen LogP contribution < -0.4 is 5.32 Å². The summed E-state index contributed by atoms with van der Waals surface area (Å²) in [6.07, 6.45) is 2.37. The van der Waals surface area contributed by atoms with E-state index in [1.165, 1.54) is 6.42 Å². The van der Waals surface area contributed by atoms with Gasteiger partial charge in [-0.3, -0.25) is 0 Å². The molecule has 0 heterocycles. The summed E-state index contributed by atoms with van der Waals surface area (Å²) in [5.74, 6) is 0. The molecule has 1 unspecified atom stereocenters. The molecular weight excluding hydrogens is 118 g/mol. The minimum absolute atomic E-state index is 0.407. The minimum Gasteiger partial charge on any atom is -0.306 e. The molecule has 0 aromatic heterocycles. The van der Waals surface area contributed by atoms with Gasteiger partial charge in [0, 0.05) is 0 Å². The highest BCUT2D eigenvalue weighted by atomic mass is 32.1. The molecule has 8 heavy (non-hydrogen) atoms. The van der Waals surface area contributed by atoms with Gasteiger partial charge in [-0.1, -0.05) is 20.3 Å². The van der Waals surface area contributed by atoms with E-state index < -0.39 is 0 Å². The monoisotopic (exact) mass is 133 g/mol. The molecule has 0 saturated carbocycles. The highest BCUT2D eigenvalue weighted by Gasteiger charge is 1.94. The lowest BCUT2D eigenvalue weighted by molar-refractivity contribution is 0.625. The lowest BCUT2D eigenvalue weighted by Gasteiger charge is -2.07. The maximum atomic E-state index is 4.28. The van der Waals surface area contributed by atoms with Gasteiger partial charge >= 0.3 is 0 Å². The molecule has 0 fully saturated rings. The van der Waals surface area contributed by atoms with Crippen LogP contribution in [0, 0.1) is 0 Å². The highest BCUT2D eigenvalue weighted by molar-refractivity contribution is 7.80. The Hall–Kier alpha value is 0.310. The van der Waals surface area contributed by atoms with Crippen LogP contribution in [0.5, 0.6) is 0 Å². The van der Waals surface area contributed by atoms with Crippen molar-refractivity contribution in [2.75, 3.05) is 6.54 Å². The number of nitrogens with one attached hydrogen (secondary N) is 1. The van der Waals surface area contributed by atoms with Crippen LogP contribution in [-0.4, -0.2) is 11.9 Å². The number of hydrogen-bond donors (Lipinski definition) is 2. The van der Waals surface area contributed by atoms with Crippen molar-refractivity contribution in [3.05, 3.63) is 0 Å². The summed E-state index contributed by atoms with van der Waals surface area (Å²) >= 11 is 4.28. The highest BCUT2D eigenvalue weighted by Crippen LogP contribution is 1.98. The molecule has 2 heteroatoms. The number of hydrogen-bond acceptors (Lipinski definition) is 2. The quantitative estimate of drug-likeness (QED) is 0.439. The van der Waals surface area contributed by atoms with Crippen LogP contribution in [0.15, 0.2) is 0 Å². The fourth-order valence-electron chi connectivity index (χ4n) is 0.611. The first-order valence-corrected chi connectivity index (χ1v) is 3.74. The van der Waals surface area contributed by atoms with Crippen LogP contribution in [0.2, 0.25) is 0 Å².